The Kier molecular flexibility index (Phi) is 4.97. The minimum absolute atomic E-state index is 0.217. The first-order valence-corrected chi connectivity index (χ1v) is 9.21. The molecule has 10 heteroatoms. The van der Waals surface area contributed by atoms with E-state index >= 15 is 0 Å². The Hall–Kier alpha value is -2.98. The fourth-order valence-corrected chi connectivity index (χ4v) is 3.81. The number of rotatable bonds is 6. The highest BCUT2D eigenvalue weighted by atomic mass is 32.1. The summed E-state index contributed by atoms with van der Waals surface area (Å²) in [5.41, 5.74) is 5.50. The minimum Gasteiger partial charge on any atom is -0.454 e. The molecule has 4 rings (SSSR count). The molecule has 0 atom stereocenters. The second kappa shape index (κ2) is 7.56. The third kappa shape index (κ3) is 3.56. The summed E-state index contributed by atoms with van der Waals surface area (Å²) in [5.74, 6) is 1.42. The maximum Gasteiger partial charge on any atom is 0.346 e. The molecular weight excluding hydrogens is 390 g/mol. The third-order valence-corrected chi connectivity index (χ3v) is 5.42. The Morgan fingerprint density at radius 2 is 2.04 bits per heavy atom. The van der Waals surface area contributed by atoms with Crippen molar-refractivity contribution in [1.82, 2.24) is 14.3 Å². The van der Waals surface area contributed by atoms with E-state index < -0.39 is 11.8 Å². The van der Waals surface area contributed by atoms with Crippen LogP contribution in [-0.4, -0.2) is 27.7 Å². The van der Waals surface area contributed by atoms with Gasteiger partial charge in [0.2, 0.25) is 6.79 Å². The van der Waals surface area contributed by atoms with Crippen molar-refractivity contribution >= 4 is 11.3 Å². The monoisotopic (exact) mass is 406 g/mol. The maximum absolute atomic E-state index is 12.8. The average molecular weight is 406 g/mol. The first kappa shape index (κ1) is 18.4. The lowest BCUT2D eigenvalue weighted by Gasteiger charge is -2.02. The SMILES string of the molecule is NCC(Cn1ncn(Cc2ccc(-c3ccc4c(c3)OCO4)s2)c1=O)=C(F)F. The van der Waals surface area contributed by atoms with Crippen LogP contribution in [0.5, 0.6) is 11.5 Å². The highest BCUT2D eigenvalue weighted by molar-refractivity contribution is 7.15. The molecule has 0 amide bonds. The minimum atomic E-state index is -1.88. The van der Waals surface area contributed by atoms with Crippen molar-refractivity contribution in [3.8, 4) is 21.9 Å². The standard InChI is InChI=1S/C18H16F2N4O3S/c19-17(20)12(6-21)7-24-18(25)23(9-22-24)8-13-2-4-16(28-13)11-1-3-14-15(5-11)27-10-26-14/h1-5,9H,6-8,10,21H2. The third-order valence-electron chi connectivity index (χ3n) is 4.30. The summed E-state index contributed by atoms with van der Waals surface area (Å²) in [6.45, 7) is -0.133. The van der Waals surface area contributed by atoms with E-state index in [-0.39, 0.29) is 25.5 Å². The molecule has 7 nitrogen and oxygen atoms in total. The lowest BCUT2D eigenvalue weighted by Crippen LogP contribution is -2.27. The van der Waals surface area contributed by atoms with Crippen LogP contribution in [0.2, 0.25) is 0 Å². The number of halogens is 2. The van der Waals surface area contributed by atoms with E-state index in [0.717, 1.165) is 25.7 Å². The molecular formula is C18H16F2N4O3S. The Bertz CT molecular complexity index is 1100. The molecule has 0 radical (unpaired) electrons. The quantitative estimate of drug-likeness (QED) is 0.680. The van der Waals surface area contributed by atoms with Gasteiger partial charge in [-0.25, -0.2) is 9.48 Å². The van der Waals surface area contributed by atoms with E-state index in [1.807, 2.05) is 30.3 Å². The average Bonchev–Trinajstić information content (AvgIpc) is 3.41. The number of fused-ring (bicyclic) bond motifs is 1. The second-order valence-electron chi connectivity index (χ2n) is 6.10. The number of nitrogens with zero attached hydrogens (tertiary/aromatic N) is 3. The van der Waals surface area contributed by atoms with E-state index in [9.17, 15) is 13.6 Å². The molecule has 1 aliphatic rings. The molecule has 3 aromatic rings. The van der Waals surface area contributed by atoms with Crippen LogP contribution < -0.4 is 20.9 Å². The number of ether oxygens (including phenoxy) is 2. The molecule has 0 saturated heterocycles. The van der Waals surface area contributed by atoms with E-state index in [4.69, 9.17) is 15.2 Å². The molecule has 28 heavy (non-hydrogen) atoms. The molecule has 0 saturated carbocycles. The summed E-state index contributed by atoms with van der Waals surface area (Å²) in [7, 11) is 0. The molecule has 0 fully saturated rings. The molecule has 1 aromatic carbocycles. The van der Waals surface area contributed by atoms with E-state index in [2.05, 4.69) is 5.10 Å². The summed E-state index contributed by atoms with van der Waals surface area (Å²) < 4.78 is 38.6. The van der Waals surface area contributed by atoms with Crippen molar-refractivity contribution in [3.05, 3.63) is 63.7 Å². The highest BCUT2D eigenvalue weighted by Crippen LogP contribution is 2.38. The maximum atomic E-state index is 12.8. The van der Waals surface area contributed by atoms with Gasteiger partial charge in [0.25, 0.3) is 6.08 Å². The summed E-state index contributed by atoms with van der Waals surface area (Å²) in [6.07, 6.45) is -0.539. The van der Waals surface area contributed by atoms with Gasteiger partial charge in [0.05, 0.1) is 13.1 Å². The number of hydrogen-bond donors (Lipinski definition) is 1. The summed E-state index contributed by atoms with van der Waals surface area (Å²) >= 11 is 1.53. The lowest BCUT2D eigenvalue weighted by molar-refractivity contribution is 0.174. The molecule has 146 valence electrons. The van der Waals surface area contributed by atoms with Gasteiger partial charge in [-0.1, -0.05) is 0 Å². The predicted octanol–water partition coefficient (Wildman–Crippen LogP) is 2.66. The molecule has 0 aliphatic carbocycles. The van der Waals surface area contributed by atoms with Crippen LogP contribution in [0.3, 0.4) is 0 Å². The van der Waals surface area contributed by atoms with E-state index in [1.165, 1.54) is 22.2 Å². The Balaban J connectivity index is 1.52. The summed E-state index contributed by atoms with van der Waals surface area (Å²) in [6, 6.07) is 9.59. The molecule has 0 bridgehead atoms. The molecule has 3 heterocycles. The summed E-state index contributed by atoms with van der Waals surface area (Å²) in [4.78, 5) is 14.3. The van der Waals surface area contributed by atoms with Crippen molar-refractivity contribution in [2.45, 2.75) is 13.1 Å². The van der Waals surface area contributed by atoms with Gasteiger partial charge in [-0.05, 0) is 35.9 Å². The number of nitrogens with two attached hydrogens (primary N) is 1. The van der Waals surface area contributed by atoms with Crippen LogP contribution in [0.25, 0.3) is 10.4 Å². The van der Waals surface area contributed by atoms with Gasteiger partial charge in [-0.2, -0.15) is 13.9 Å². The number of thiophene rings is 1. The van der Waals surface area contributed by atoms with Crippen molar-refractivity contribution < 1.29 is 18.3 Å². The van der Waals surface area contributed by atoms with Gasteiger partial charge < -0.3 is 15.2 Å². The second-order valence-corrected chi connectivity index (χ2v) is 7.27. The van der Waals surface area contributed by atoms with Gasteiger partial charge in [0.15, 0.2) is 11.5 Å². The van der Waals surface area contributed by atoms with Crippen LogP contribution in [0.4, 0.5) is 8.78 Å². The van der Waals surface area contributed by atoms with Gasteiger partial charge in [-0.3, -0.25) is 4.57 Å². The van der Waals surface area contributed by atoms with Crippen LogP contribution in [-0.2, 0) is 13.1 Å². The number of benzene rings is 1. The zero-order valence-corrected chi connectivity index (χ0v) is 15.4. The van der Waals surface area contributed by atoms with Crippen LogP contribution in [0.15, 0.2) is 53.1 Å². The first-order chi connectivity index (χ1) is 13.5. The van der Waals surface area contributed by atoms with Gasteiger partial charge >= 0.3 is 5.69 Å². The van der Waals surface area contributed by atoms with E-state index in [0.29, 0.717) is 12.3 Å². The van der Waals surface area contributed by atoms with Crippen LogP contribution >= 0.6 is 11.3 Å². The number of aromatic nitrogens is 3. The molecule has 1 aliphatic heterocycles. The predicted molar refractivity (Wildman–Crippen MR) is 99.8 cm³/mol. The normalized spacial score (nSPS) is 12.4. The van der Waals surface area contributed by atoms with Crippen LogP contribution in [0, 0.1) is 0 Å². The lowest BCUT2D eigenvalue weighted by atomic mass is 10.1. The Morgan fingerprint density at radius 3 is 2.82 bits per heavy atom. The first-order valence-electron chi connectivity index (χ1n) is 8.39. The molecule has 2 N–H and O–H groups in total. The topological polar surface area (TPSA) is 84.3 Å². The molecule has 2 aromatic heterocycles. The fraction of sp³-hybridized carbons (Fsp3) is 0.222. The van der Waals surface area contributed by atoms with Crippen molar-refractivity contribution in [2.75, 3.05) is 13.3 Å². The van der Waals surface area contributed by atoms with Crippen LogP contribution in [0.1, 0.15) is 4.88 Å². The zero-order chi connectivity index (χ0) is 19.7. The van der Waals surface area contributed by atoms with E-state index in [1.54, 1.807) is 0 Å². The molecule has 0 unspecified atom stereocenters. The smallest absolute Gasteiger partial charge is 0.346 e. The van der Waals surface area contributed by atoms with Gasteiger partial charge in [0, 0.05) is 21.9 Å². The Morgan fingerprint density at radius 1 is 1.21 bits per heavy atom. The largest absolute Gasteiger partial charge is 0.454 e. The Labute approximate surface area is 162 Å². The van der Waals surface area contributed by atoms with Gasteiger partial charge in [-0.15, -0.1) is 11.3 Å². The zero-order valence-electron chi connectivity index (χ0n) is 14.6. The fourth-order valence-electron chi connectivity index (χ4n) is 2.81. The highest BCUT2D eigenvalue weighted by Gasteiger charge is 2.15. The van der Waals surface area contributed by atoms with Crippen molar-refractivity contribution in [2.24, 2.45) is 5.73 Å². The number of hydrogen-bond acceptors (Lipinski definition) is 6. The van der Waals surface area contributed by atoms with Crippen molar-refractivity contribution in [3.63, 3.8) is 0 Å². The summed E-state index contributed by atoms with van der Waals surface area (Å²) in [5, 5.41) is 3.90. The van der Waals surface area contributed by atoms with Gasteiger partial charge in [0.1, 0.15) is 6.33 Å². The molecule has 0 spiro atoms. The van der Waals surface area contributed by atoms with Crippen molar-refractivity contribution in [1.29, 1.82) is 0 Å².